The van der Waals surface area contributed by atoms with E-state index in [0.29, 0.717) is 16.0 Å². The molecule has 1 aromatic carbocycles. The SMILES string of the molecule is CN/C=C(\C(=N)c1ccc(F)cc1)c1ccc2ncc(-c3ccc(C(N)=O)s3)n2c1. The average molecular weight is 419 g/mol. The van der Waals surface area contributed by atoms with Crippen molar-refractivity contribution in [2.24, 2.45) is 5.73 Å². The summed E-state index contributed by atoms with van der Waals surface area (Å²) >= 11 is 1.30. The van der Waals surface area contributed by atoms with Gasteiger partial charge in [0.2, 0.25) is 0 Å². The van der Waals surface area contributed by atoms with E-state index in [4.69, 9.17) is 11.1 Å². The van der Waals surface area contributed by atoms with Crippen molar-refractivity contribution in [2.45, 2.75) is 0 Å². The van der Waals surface area contributed by atoms with E-state index in [2.05, 4.69) is 10.3 Å². The fourth-order valence-electron chi connectivity index (χ4n) is 3.15. The number of carbonyl (C=O) groups is 1. The second-order valence-electron chi connectivity index (χ2n) is 6.55. The molecule has 0 radical (unpaired) electrons. The van der Waals surface area contributed by atoms with Crippen LogP contribution < -0.4 is 11.1 Å². The van der Waals surface area contributed by atoms with Gasteiger partial charge in [0.1, 0.15) is 11.5 Å². The molecule has 0 atom stereocenters. The summed E-state index contributed by atoms with van der Waals surface area (Å²) in [6, 6.07) is 13.1. The summed E-state index contributed by atoms with van der Waals surface area (Å²) in [6.45, 7) is 0. The van der Waals surface area contributed by atoms with E-state index in [1.807, 2.05) is 28.8 Å². The van der Waals surface area contributed by atoms with Crippen LogP contribution in [0.3, 0.4) is 0 Å². The van der Waals surface area contributed by atoms with Crippen LogP contribution in [0.1, 0.15) is 20.8 Å². The molecule has 4 aromatic rings. The summed E-state index contributed by atoms with van der Waals surface area (Å²) in [5.74, 6) is -0.811. The molecule has 4 N–H and O–H groups in total. The molecule has 0 aliphatic heterocycles. The molecular formula is C22H18FN5OS. The molecule has 0 spiro atoms. The number of nitrogens with zero attached hydrogens (tertiary/aromatic N) is 2. The number of imidazole rings is 1. The van der Waals surface area contributed by atoms with Crippen molar-refractivity contribution in [1.29, 1.82) is 5.41 Å². The molecule has 3 heterocycles. The van der Waals surface area contributed by atoms with Gasteiger partial charge in [0.15, 0.2) is 0 Å². The molecule has 6 nitrogen and oxygen atoms in total. The summed E-state index contributed by atoms with van der Waals surface area (Å²) in [7, 11) is 1.76. The van der Waals surface area contributed by atoms with E-state index in [1.54, 1.807) is 37.6 Å². The molecular weight excluding hydrogens is 401 g/mol. The first-order valence-corrected chi connectivity index (χ1v) is 9.89. The smallest absolute Gasteiger partial charge is 0.258 e. The summed E-state index contributed by atoms with van der Waals surface area (Å²) in [6.07, 6.45) is 5.37. The monoisotopic (exact) mass is 419 g/mol. The predicted molar refractivity (Wildman–Crippen MR) is 117 cm³/mol. The predicted octanol–water partition coefficient (Wildman–Crippen LogP) is 3.93. The van der Waals surface area contributed by atoms with E-state index in [1.165, 1.54) is 23.5 Å². The van der Waals surface area contributed by atoms with Gasteiger partial charge in [-0.1, -0.05) is 0 Å². The van der Waals surface area contributed by atoms with Crippen LogP contribution >= 0.6 is 11.3 Å². The zero-order valence-corrected chi connectivity index (χ0v) is 16.8. The number of fused-ring (bicyclic) bond motifs is 1. The van der Waals surface area contributed by atoms with Gasteiger partial charge in [-0.05, 0) is 48.5 Å². The van der Waals surface area contributed by atoms with Gasteiger partial charge in [0.25, 0.3) is 5.91 Å². The highest BCUT2D eigenvalue weighted by Gasteiger charge is 2.15. The van der Waals surface area contributed by atoms with Crippen LogP contribution in [0.4, 0.5) is 4.39 Å². The maximum absolute atomic E-state index is 13.3. The van der Waals surface area contributed by atoms with Crippen molar-refractivity contribution in [1.82, 2.24) is 14.7 Å². The standard InChI is InChI=1S/C22H18FN5OS/c1-26-10-16(21(24)13-2-5-15(23)6-3-13)14-4-9-20-27-11-17(28(20)12-14)18-7-8-19(30-18)22(25)29/h2-12,24,26H,1H3,(H2,25,29)/b16-10-,24-21?. The number of pyridine rings is 1. The maximum Gasteiger partial charge on any atom is 0.258 e. The van der Waals surface area contributed by atoms with Crippen LogP contribution in [0.2, 0.25) is 0 Å². The molecule has 0 saturated heterocycles. The third-order valence-electron chi connectivity index (χ3n) is 4.61. The Hall–Kier alpha value is -3.78. The summed E-state index contributed by atoms with van der Waals surface area (Å²) in [5, 5.41) is 11.6. The Labute approximate surface area is 176 Å². The number of thiophene rings is 1. The number of nitrogens with two attached hydrogens (primary N) is 1. The lowest BCUT2D eigenvalue weighted by Crippen LogP contribution is -2.08. The van der Waals surface area contributed by atoms with Crippen LogP contribution in [0.25, 0.3) is 21.8 Å². The Morgan fingerprint density at radius 3 is 2.57 bits per heavy atom. The number of hydrogen-bond acceptors (Lipinski definition) is 5. The number of halogens is 1. The normalized spacial score (nSPS) is 11.6. The highest BCUT2D eigenvalue weighted by molar-refractivity contribution is 7.17. The first-order valence-electron chi connectivity index (χ1n) is 9.07. The number of aromatic nitrogens is 2. The van der Waals surface area contributed by atoms with Crippen LogP contribution in [0.5, 0.6) is 0 Å². The fourth-order valence-corrected chi connectivity index (χ4v) is 4.01. The summed E-state index contributed by atoms with van der Waals surface area (Å²) in [5.41, 5.74) is 9.24. The van der Waals surface area contributed by atoms with E-state index in [0.717, 1.165) is 21.8 Å². The van der Waals surface area contributed by atoms with Gasteiger partial charge in [-0.2, -0.15) is 0 Å². The average Bonchev–Trinajstić information content (AvgIpc) is 3.38. The molecule has 0 unspecified atom stereocenters. The number of rotatable bonds is 6. The molecule has 1 amide bonds. The minimum Gasteiger partial charge on any atom is -0.393 e. The fraction of sp³-hybridized carbons (Fsp3) is 0.0455. The number of carbonyl (C=O) groups excluding carboxylic acids is 1. The zero-order valence-electron chi connectivity index (χ0n) is 16.0. The Bertz CT molecular complexity index is 1290. The van der Waals surface area contributed by atoms with Crippen molar-refractivity contribution in [3.8, 4) is 10.6 Å². The Balaban J connectivity index is 1.78. The lowest BCUT2D eigenvalue weighted by molar-refractivity contribution is 0.100. The van der Waals surface area contributed by atoms with Gasteiger partial charge >= 0.3 is 0 Å². The number of benzene rings is 1. The molecule has 0 aliphatic carbocycles. The molecule has 3 aromatic heterocycles. The lowest BCUT2D eigenvalue weighted by Gasteiger charge is -2.12. The van der Waals surface area contributed by atoms with Crippen molar-refractivity contribution in [3.05, 3.63) is 88.9 Å². The number of amides is 1. The van der Waals surface area contributed by atoms with E-state index in [-0.39, 0.29) is 11.5 Å². The number of nitrogens with one attached hydrogen (secondary N) is 2. The van der Waals surface area contributed by atoms with Crippen LogP contribution in [0.15, 0.2) is 67.1 Å². The molecule has 0 bridgehead atoms. The minimum atomic E-state index is -0.465. The summed E-state index contributed by atoms with van der Waals surface area (Å²) < 4.78 is 15.2. The Kier molecular flexibility index (Phi) is 5.16. The van der Waals surface area contributed by atoms with Gasteiger partial charge in [0.05, 0.1) is 27.4 Å². The second kappa shape index (κ2) is 7.92. The Morgan fingerprint density at radius 2 is 1.90 bits per heavy atom. The largest absolute Gasteiger partial charge is 0.393 e. The third kappa shape index (κ3) is 3.60. The number of allylic oxidation sites excluding steroid dienone is 1. The van der Waals surface area contributed by atoms with Gasteiger partial charge in [0, 0.05) is 36.1 Å². The lowest BCUT2D eigenvalue weighted by atomic mass is 9.98. The Morgan fingerprint density at radius 1 is 1.17 bits per heavy atom. The molecule has 8 heteroatoms. The highest BCUT2D eigenvalue weighted by atomic mass is 32.1. The van der Waals surface area contributed by atoms with Crippen LogP contribution in [-0.4, -0.2) is 28.1 Å². The first kappa shape index (κ1) is 19.5. The van der Waals surface area contributed by atoms with E-state index >= 15 is 0 Å². The van der Waals surface area contributed by atoms with Gasteiger partial charge < -0.3 is 11.1 Å². The van der Waals surface area contributed by atoms with Crippen molar-refractivity contribution in [3.63, 3.8) is 0 Å². The van der Waals surface area contributed by atoms with Crippen LogP contribution in [0, 0.1) is 11.2 Å². The molecule has 0 aliphatic rings. The van der Waals surface area contributed by atoms with Gasteiger partial charge in [-0.15, -0.1) is 11.3 Å². The molecule has 0 fully saturated rings. The molecule has 150 valence electrons. The molecule has 4 rings (SSSR count). The molecule has 30 heavy (non-hydrogen) atoms. The van der Waals surface area contributed by atoms with E-state index < -0.39 is 5.91 Å². The van der Waals surface area contributed by atoms with Gasteiger partial charge in [-0.25, -0.2) is 9.37 Å². The van der Waals surface area contributed by atoms with Crippen LogP contribution in [-0.2, 0) is 0 Å². The van der Waals surface area contributed by atoms with Crippen molar-refractivity contribution in [2.75, 3.05) is 7.05 Å². The van der Waals surface area contributed by atoms with Crippen molar-refractivity contribution >= 4 is 34.2 Å². The number of hydrogen-bond donors (Lipinski definition) is 3. The highest BCUT2D eigenvalue weighted by Crippen LogP contribution is 2.30. The first-order chi connectivity index (χ1) is 14.5. The molecule has 0 saturated carbocycles. The number of primary amides is 1. The summed E-state index contributed by atoms with van der Waals surface area (Å²) in [4.78, 5) is 17.2. The quantitative estimate of drug-likeness (QED) is 0.413. The topological polar surface area (TPSA) is 96.3 Å². The third-order valence-corrected chi connectivity index (χ3v) is 5.73. The zero-order chi connectivity index (χ0) is 21.3. The van der Waals surface area contributed by atoms with Crippen molar-refractivity contribution < 1.29 is 9.18 Å². The minimum absolute atomic E-state index is 0.262. The van der Waals surface area contributed by atoms with E-state index in [9.17, 15) is 9.18 Å². The van der Waals surface area contributed by atoms with Gasteiger partial charge in [-0.3, -0.25) is 14.6 Å². The second-order valence-corrected chi connectivity index (χ2v) is 7.63. The maximum atomic E-state index is 13.3.